The first-order valence-electron chi connectivity index (χ1n) is 6.89. The molecule has 0 saturated carbocycles. The van der Waals surface area contributed by atoms with Gasteiger partial charge in [0.25, 0.3) is 5.91 Å². The minimum absolute atomic E-state index is 0.127. The number of amides is 1. The highest BCUT2D eigenvalue weighted by Crippen LogP contribution is 2.19. The summed E-state index contributed by atoms with van der Waals surface area (Å²) < 4.78 is 26.1. The zero-order valence-electron chi connectivity index (χ0n) is 11.9. The van der Waals surface area contributed by atoms with Crippen molar-refractivity contribution < 1.29 is 18.3 Å². The fourth-order valence-electron chi connectivity index (χ4n) is 2.53. The molecule has 116 valence electrons. The zero-order valence-corrected chi connectivity index (χ0v) is 12.8. The normalized spacial score (nSPS) is 19.5. The number of benzene rings is 1. The summed E-state index contributed by atoms with van der Waals surface area (Å²) in [6, 6.07) is 6.77. The molecule has 21 heavy (non-hydrogen) atoms. The molecule has 1 aromatic rings. The maximum atomic E-state index is 12.5. The SMILES string of the molecule is CNS(=O)(=O)C1CCCN(C(=O)c2cccc(CO)c2)C1. The first-order chi connectivity index (χ1) is 9.97. The number of piperidine rings is 1. The zero-order chi connectivity index (χ0) is 15.5. The van der Waals surface area contributed by atoms with E-state index in [1.54, 1.807) is 29.2 Å². The second-order valence-corrected chi connectivity index (χ2v) is 7.29. The lowest BCUT2D eigenvalue weighted by Gasteiger charge is -2.32. The van der Waals surface area contributed by atoms with Crippen LogP contribution in [0.5, 0.6) is 0 Å². The van der Waals surface area contributed by atoms with Crippen LogP contribution in [0, 0.1) is 0 Å². The number of carbonyl (C=O) groups is 1. The van der Waals surface area contributed by atoms with Crippen molar-refractivity contribution >= 4 is 15.9 Å². The molecule has 6 nitrogen and oxygen atoms in total. The average molecular weight is 312 g/mol. The highest BCUT2D eigenvalue weighted by molar-refractivity contribution is 7.90. The number of likely N-dealkylation sites (tertiary alicyclic amines) is 1. The summed E-state index contributed by atoms with van der Waals surface area (Å²) in [5.41, 5.74) is 1.14. The van der Waals surface area contributed by atoms with E-state index in [1.807, 2.05) is 0 Å². The van der Waals surface area contributed by atoms with Gasteiger partial charge in [0.15, 0.2) is 0 Å². The van der Waals surface area contributed by atoms with Gasteiger partial charge in [0.1, 0.15) is 0 Å². The summed E-state index contributed by atoms with van der Waals surface area (Å²) in [4.78, 5) is 14.0. The molecule has 1 heterocycles. The maximum Gasteiger partial charge on any atom is 0.253 e. The number of nitrogens with one attached hydrogen (secondary N) is 1. The van der Waals surface area contributed by atoms with E-state index in [0.29, 0.717) is 30.5 Å². The van der Waals surface area contributed by atoms with Gasteiger partial charge in [-0.2, -0.15) is 0 Å². The predicted octanol–water partition coefficient (Wildman–Crippen LogP) is 0.333. The molecule has 1 unspecified atom stereocenters. The Bertz CT molecular complexity index is 615. The van der Waals surface area contributed by atoms with Crippen LogP contribution in [0.3, 0.4) is 0 Å². The van der Waals surface area contributed by atoms with Crippen LogP contribution >= 0.6 is 0 Å². The highest BCUT2D eigenvalue weighted by atomic mass is 32.2. The molecular formula is C14H20N2O4S. The van der Waals surface area contributed by atoms with Crippen LogP contribution in [0.25, 0.3) is 0 Å². The van der Waals surface area contributed by atoms with Gasteiger partial charge in [-0.05, 0) is 37.6 Å². The molecular weight excluding hydrogens is 292 g/mol. The first kappa shape index (κ1) is 15.9. The number of nitrogens with zero attached hydrogens (tertiary/aromatic N) is 1. The predicted molar refractivity (Wildman–Crippen MR) is 79.3 cm³/mol. The van der Waals surface area contributed by atoms with E-state index in [9.17, 15) is 13.2 Å². The second kappa shape index (κ2) is 6.55. The van der Waals surface area contributed by atoms with Gasteiger partial charge in [0.2, 0.25) is 10.0 Å². The van der Waals surface area contributed by atoms with Gasteiger partial charge in [-0.1, -0.05) is 12.1 Å². The van der Waals surface area contributed by atoms with Gasteiger partial charge in [-0.25, -0.2) is 13.1 Å². The smallest absolute Gasteiger partial charge is 0.253 e. The topological polar surface area (TPSA) is 86.7 Å². The third kappa shape index (κ3) is 3.61. The number of sulfonamides is 1. The summed E-state index contributed by atoms with van der Waals surface area (Å²) in [6.45, 7) is 0.626. The highest BCUT2D eigenvalue weighted by Gasteiger charge is 2.32. The van der Waals surface area contributed by atoms with Crippen molar-refractivity contribution in [1.82, 2.24) is 9.62 Å². The minimum Gasteiger partial charge on any atom is -0.392 e. The fourth-order valence-corrected chi connectivity index (χ4v) is 3.71. The number of aliphatic hydroxyl groups is 1. The van der Waals surface area contributed by atoms with Crippen LogP contribution in [0.4, 0.5) is 0 Å². The molecule has 1 aromatic carbocycles. The molecule has 7 heteroatoms. The Kier molecular flexibility index (Phi) is 4.97. The van der Waals surface area contributed by atoms with Gasteiger partial charge in [-0.3, -0.25) is 4.79 Å². The molecule has 2 rings (SSSR count). The van der Waals surface area contributed by atoms with Gasteiger partial charge in [0, 0.05) is 18.7 Å². The molecule has 1 fully saturated rings. The molecule has 1 aliphatic rings. The number of hydrogen-bond acceptors (Lipinski definition) is 4. The summed E-state index contributed by atoms with van der Waals surface area (Å²) in [7, 11) is -1.98. The second-order valence-electron chi connectivity index (χ2n) is 5.12. The maximum absolute atomic E-state index is 12.5. The van der Waals surface area contributed by atoms with Crippen LogP contribution in [0.2, 0.25) is 0 Å². The Morgan fingerprint density at radius 3 is 2.90 bits per heavy atom. The Morgan fingerprint density at radius 2 is 2.24 bits per heavy atom. The lowest BCUT2D eigenvalue weighted by molar-refractivity contribution is 0.0726. The van der Waals surface area contributed by atoms with Crippen LogP contribution in [0.1, 0.15) is 28.8 Å². The minimum atomic E-state index is -3.37. The van der Waals surface area contributed by atoms with Crippen molar-refractivity contribution in [3.8, 4) is 0 Å². The monoisotopic (exact) mass is 312 g/mol. The third-order valence-electron chi connectivity index (χ3n) is 3.75. The Balaban J connectivity index is 2.15. The molecule has 1 aliphatic heterocycles. The summed E-state index contributed by atoms with van der Waals surface area (Å²) in [6.07, 6.45) is 1.22. The van der Waals surface area contributed by atoms with E-state index < -0.39 is 15.3 Å². The van der Waals surface area contributed by atoms with Gasteiger partial charge in [0.05, 0.1) is 11.9 Å². The van der Waals surface area contributed by atoms with Crippen LogP contribution in [-0.4, -0.2) is 49.7 Å². The Morgan fingerprint density at radius 1 is 1.48 bits per heavy atom. The molecule has 0 bridgehead atoms. The lowest BCUT2D eigenvalue weighted by Crippen LogP contribution is -2.47. The van der Waals surface area contributed by atoms with Gasteiger partial charge in [-0.15, -0.1) is 0 Å². The summed E-state index contributed by atoms with van der Waals surface area (Å²) in [5.74, 6) is -0.193. The lowest BCUT2D eigenvalue weighted by atomic mass is 10.1. The fraction of sp³-hybridized carbons (Fsp3) is 0.500. The Hall–Kier alpha value is -1.44. The van der Waals surface area contributed by atoms with Crippen molar-refractivity contribution in [3.05, 3.63) is 35.4 Å². The molecule has 1 atom stereocenters. The summed E-state index contributed by atoms with van der Waals surface area (Å²) >= 11 is 0. The van der Waals surface area contributed by atoms with Crippen molar-refractivity contribution in [2.24, 2.45) is 0 Å². The molecule has 2 N–H and O–H groups in total. The number of aliphatic hydroxyl groups excluding tert-OH is 1. The van der Waals surface area contributed by atoms with Crippen molar-refractivity contribution in [1.29, 1.82) is 0 Å². The third-order valence-corrected chi connectivity index (χ3v) is 5.58. The van der Waals surface area contributed by atoms with E-state index in [-0.39, 0.29) is 19.1 Å². The van der Waals surface area contributed by atoms with E-state index in [0.717, 1.165) is 0 Å². The molecule has 1 saturated heterocycles. The average Bonchev–Trinajstić information content (AvgIpc) is 2.54. The van der Waals surface area contributed by atoms with Crippen LogP contribution in [-0.2, 0) is 16.6 Å². The number of carbonyl (C=O) groups excluding carboxylic acids is 1. The molecule has 0 aromatic heterocycles. The number of rotatable bonds is 4. The van der Waals surface area contributed by atoms with Crippen LogP contribution < -0.4 is 4.72 Å². The molecule has 0 radical (unpaired) electrons. The van der Waals surface area contributed by atoms with E-state index >= 15 is 0 Å². The quantitative estimate of drug-likeness (QED) is 0.839. The van der Waals surface area contributed by atoms with E-state index in [2.05, 4.69) is 4.72 Å². The molecule has 0 spiro atoms. The molecule has 0 aliphatic carbocycles. The van der Waals surface area contributed by atoms with Crippen LogP contribution in [0.15, 0.2) is 24.3 Å². The first-order valence-corrected chi connectivity index (χ1v) is 8.44. The standard InChI is InChI=1S/C14H20N2O4S/c1-15-21(19,20)13-6-3-7-16(9-13)14(18)12-5-2-4-11(8-12)10-17/h2,4-5,8,13,15,17H,3,6-7,9-10H2,1H3. The molecule has 1 amide bonds. The van der Waals surface area contributed by atoms with E-state index in [4.69, 9.17) is 5.11 Å². The Labute approximate surface area is 124 Å². The van der Waals surface area contributed by atoms with E-state index in [1.165, 1.54) is 7.05 Å². The summed E-state index contributed by atoms with van der Waals surface area (Å²) in [5, 5.41) is 8.55. The van der Waals surface area contributed by atoms with Gasteiger partial charge < -0.3 is 10.0 Å². The van der Waals surface area contributed by atoms with Gasteiger partial charge >= 0.3 is 0 Å². The van der Waals surface area contributed by atoms with Crippen molar-refractivity contribution in [2.45, 2.75) is 24.7 Å². The van der Waals surface area contributed by atoms with Crippen molar-refractivity contribution in [3.63, 3.8) is 0 Å². The number of hydrogen-bond donors (Lipinski definition) is 2. The largest absolute Gasteiger partial charge is 0.392 e. The van der Waals surface area contributed by atoms with Crippen molar-refractivity contribution in [2.75, 3.05) is 20.1 Å².